The minimum atomic E-state index is -2.24. The van der Waals surface area contributed by atoms with Gasteiger partial charge in [0.25, 0.3) is 6.43 Å². The lowest BCUT2D eigenvalue weighted by atomic mass is 10.3. The zero-order valence-electron chi connectivity index (χ0n) is 9.39. The molecule has 0 heterocycles. The number of hydrogen-bond donors (Lipinski definition) is 1. The zero-order chi connectivity index (χ0) is 11.0. The van der Waals surface area contributed by atoms with Gasteiger partial charge in [-0.15, -0.1) is 0 Å². The van der Waals surface area contributed by atoms with E-state index in [9.17, 15) is 8.78 Å². The molecule has 1 unspecified atom stereocenters. The van der Waals surface area contributed by atoms with Crippen LogP contribution in [0.25, 0.3) is 0 Å². The maximum atomic E-state index is 12.0. The minimum Gasteiger partial charge on any atom is -0.315 e. The molecule has 2 nitrogen and oxygen atoms in total. The summed E-state index contributed by atoms with van der Waals surface area (Å²) in [6.45, 7) is 5.71. The molecule has 0 radical (unpaired) electrons. The molecule has 0 rings (SSSR count). The second-order valence-corrected chi connectivity index (χ2v) is 3.74. The number of nitrogens with zero attached hydrogens (tertiary/aromatic N) is 1. The van der Waals surface area contributed by atoms with Crippen LogP contribution >= 0.6 is 0 Å². The molecule has 0 aromatic rings. The molecule has 4 heteroatoms. The standard InChI is InChI=1S/C10H22F2N2/c1-4-5-6-13-7-9(2)14(3)8-10(11)12/h9-10,13H,4-8H2,1-3H3. The average Bonchev–Trinajstić information content (AvgIpc) is 2.11. The highest BCUT2D eigenvalue weighted by atomic mass is 19.3. The Morgan fingerprint density at radius 2 is 2.00 bits per heavy atom. The van der Waals surface area contributed by atoms with Crippen molar-refractivity contribution >= 4 is 0 Å². The maximum absolute atomic E-state index is 12.0. The predicted molar refractivity (Wildman–Crippen MR) is 55.9 cm³/mol. The van der Waals surface area contributed by atoms with Gasteiger partial charge in [-0.1, -0.05) is 13.3 Å². The lowest BCUT2D eigenvalue weighted by Crippen LogP contribution is -2.40. The van der Waals surface area contributed by atoms with E-state index in [1.54, 1.807) is 11.9 Å². The summed E-state index contributed by atoms with van der Waals surface area (Å²) in [5.41, 5.74) is 0. The van der Waals surface area contributed by atoms with E-state index < -0.39 is 6.43 Å². The summed E-state index contributed by atoms with van der Waals surface area (Å²) in [6.07, 6.45) is 0.0672. The molecular weight excluding hydrogens is 186 g/mol. The number of halogens is 2. The van der Waals surface area contributed by atoms with Crippen LogP contribution in [0.2, 0.25) is 0 Å². The molecule has 1 atom stereocenters. The molecule has 0 aliphatic carbocycles. The molecule has 14 heavy (non-hydrogen) atoms. The van der Waals surface area contributed by atoms with Gasteiger partial charge in [0.2, 0.25) is 0 Å². The predicted octanol–water partition coefficient (Wildman–Crippen LogP) is 1.96. The molecule has 0 saturated carbocycles. The zero-order valence-corrected chi connectivity index (χ0v) is 9.39. The smallest absolute Gasteiger partial charge is 0.251 e. The maximum Gasteiger partial charge on any atom is 0.251 e. The number of alkyl halides is 2. The lowest BCUT2D eigenvalue weighted by molar-refractivity contribution is 0.0841. The average molecular weight is 208 g/mol. The molecule has 0 bridgehead atoms. The van der Waals surface area contributed by atoms with Gasteiger partial charge in [-0.05, 0) is 26.9 Å². The van der Waals surface area contributed by atoms with Gasteiger partial charge in [0, 0.05) is 12.6 Å². The summed E-state index contributed by atoms with van der Waals surface area (Å²) in [5.74, 6) is 0. The highest BCUT2D eigenvalue weighted by Gasteiger charge is 2.13. The van der Waals surface area contributed by atoms with Crippen molar-refractivity contribution in [2.75, 3.05) is 26.7 Å². The van der Waals surface area contributed by atoms with Gasteiger partial charge >= 0.3 is 0 Å². The highest BCUT2D eigenvalue weighted by Crippen LogP contribution is 2.00. The van der Waals surface area contributed by atoms with Crippen LogP contribution in [0, 0.1) is 0 Å². The lowest BCUT2D eigenvalue weighted by Gasteiger charge is -2.24. The Morgan fingerprint density at radius 1 is 1.36 bits per heavy atom. The molecule has 0 saturated heterocycles. The van der Waals surface area contributed by atoms with Crippen molar-refractivity contribution in [2.45, 2.75) is 39.2 Å². The van der Waals surface area contributed by atoms with Crippen molar-refractivity contribution in [2.24, 2.45) is 0 Å². The number of unbranched alkanes of at least 4 members (excludes halogenated alkanes) is 1. The number of nitrogens with one attached hydrogen (secondary N) is 1. The fourth-order valence-corrected chi connectivity index (χ4v) is 1.17. The van der Waals surface area contributed by atoms with E-state index in [-0.39, 0.29) is 12.6 Å². The van der Waals surface area contributed by atoms with E-state index in [1.165, 1.54) is 0 Å². The van der Waals surface area contributed by atoms with Crippen LogP contribution in [-0.4, -0.2) is 44.0 Å². The van der Waals surface area contributed by atoms with E-state index >= 15 is 0 Å². The van der Waals surface area contributed by atoms with Crippen LogP contribution in [0.15, 0.2) is 0 Å². The first-order valence-electron chi connectivity index (χ1n) is 5.27. The molecule has 0 fully saturated rings. The molecule has 0 amide bonds. The van der Waals surface area contributed by atoms with Crippen LogP contribution in [0.1, 0.15) is 26.7 Å². The summed E-state index contributed by atoms with van der Waals surface area (Å²) < 4.78 is 24.1. The Balaban J connectivity index is 3.46. The summed E-state index contributed by atoms with van der Waals surface area (Å²) in [6, 6.07) is 0.167. The van der Waals surface area contributed by atoms with Crippen LogP contribution in [0.4, 0.5) is 8.78 Å². The van der Waals surface area contributed by atoms with Gasteiger partial charge < -0.3 is 5.32 Å². The van der Waals surface area contributed by atoms with E-state index in [2.05, 4.69) is 12.2 Å². The van der Waals surface area contributed by atoms with Crippen molar-refractivity contribution in [3.63, 3.8) is 0 Å². The fourth-order valence-electron chi connectivity index (χ4n) is 1.17. The number of likely N-dealkylation sites (N-methyl/N-ethyl adjacent to an activating group) is 1. The monoisotopic (exact) mass is 208 g/mol. The first-order chi connectivity index (χ1) is 6.57. The Labute approximate surface area is 85.7 Å². The highest BCUT2D eigenvalue weighted by molar-refractivity contribution is 4.66. The van der Waals surface area contributed by atoms with E-state index in [4.69, 9.17) is 0 Å². The van der Waals surface area contributed by atoms with Crippen LogP contribution in [-0.2, 0) is 0 Å². The quantitative estimate of drug-likeness (QED) is 0.613. The van der Waals surface area contributed by atoms with Crippen LogP contribution in [0.3, 0.4) is 0 Å². The second kappa shape index (κ2) is 8.12. The largest absolute Gasteiger partial charge is 0.315 e. The van der Waals surface area contributed by atoms with Gasteiger partial charge in [-0.3, -0.25) is 4.90 Å². The number of hydrogen-bond acceptors (Lipinski definition) is 2. The first-order valence-corrected chi connectivity index (χ1v) is 5.27. The first kappa shape index (κ1) is 13.8. The van der Waals surface area contributed by atoms with Gasteiger partial charge in [-0.25, -0.2) is 8.78 Å². The van der Waals surface area contributed by atoms with E-state index in [1.807, 2.05) is 6.92 Å². The van der Waals surface area contributed by atoms with Gasteiger partial charge in [0.15, 0.2) is 0 Å². The Hall–Kier alpha value is -0.220. The third-order valence-corrected chi connectivity index (χ3v) is 2.33. The molecular formula is C10H22F2N2. The summed E-state index contributed by atoms with van der Waals surface area (Å²) in [4.78, 5) is 1.68. The Kier molecular flexibility index (Phi) is 7.99. The SMILES string of the molecule is CCCCNCC(C)N(C)CC(F)F. The van der Waals surface area contributed by atoms with Crippen LogP contribution in [0.5, 0.6) is 0 Å². The van der Waals surface area contributed by atoms with Crippen molar-refractivity contribution in [1.29, 1.82) is 0 Å². The normalized spacial score (nSPS) is 13.9. The summed E-state index contributed by atoms with van der Waals surface area (Å²) in [7, 11) is 1.73. The fraction of sp³-hybridized carbons (Fsp3) is 1.00. The molecule has 1 N–H and O–H groups in total. The molecule has 86 valence electrons. The topological polar surface area (TPSA) is 15.3 Å². The Bertz CT molecular complexity index is 131. The van der Waals surface area contributed by atoms with Crippen molar-refractivity contribution in [3.8, 4) is 0 Å². The third-order valence-electron chi connectivity index (χ3n) is 2.33. The van der Waals surface area contributed by atoms with Crippen molar-refractivity contribution in [3.05, 3.63) is 0 Å². The third kappa shape index (κ3) is 7.21. The summed E-state index contributed by atoms with van der Waals surface area (Å²) in [5, 5.41) is 3.25. The minimum absolute atomic E-state index is 0.142. The van der Waals surface area contributed by atoms with Crippen molar-refractivity contribution < 1.29 is 8.78 Å². The van der Waals surface area contributed by atoms with E-state index in [0.717, 1.165) is 25.9 Å². The molecule has 0 aromatic heterocycles. The number of rotatable bonds is 8. The molecule has 0 aromatic carbocycles. The van der Waals surface area contributed by atoms with Gasteiger partial charge in [-0.2, -0.15) is 0 Å². The molecule has 0 aliphatic heterocycles. The summed E-state index contributed by atoms with van der Waals surface area (Å²) >= 11 is 0. The second-order valence-electron chi connectivity index (χ2n) is 3.74. The Morgan fingerprint density at radius 3 is 2.50 bits per heavy atom. The van der Waals surface area contributed by atoms with Crippen molar-refractivity contribution in [1.82, 2.24) is 10.2 Å². The molecule has 0 aliphatic rings. The van der Waals surface area contributed by atoms with Gasteiger partial charge in [0.1, 0.15) is 0 Å². The van der Waals surface area contributed by atoms with Crippen LogP contribution < -0.4 is 5.32 Å². The van der Waals surface area contributed by atoms with Gasteiger partial charge in [0.05, 0.1) is 6.54 Å². The molecule has 0 spiro atoms. The van der Waals surface area contributed by atoms with E-state index in [0.29, 0.717) is 0 Å².